The van der Waals surface area contributed by atoms with Crippen molar-refractivity contribution in [1.82, 2.24) is 9.30 Å². The molecule has 0 spiro atoms. The number of halogens is 1. The predicted molar refractivity (Wildman–Crippen MR) is 110 cm³/mol. The van der Waals surface area contributed by atoms with Gasteiger partial charge < -0.3 is 14.5 Å². The number of pyridine rings is 2. The van der Waals surface area contributed by atoms with Gasteiger partial charge in [0.2, 0.25) is 0 Å². The Morgan fingerprint density at radius 3 is 2.61 bits per heavy atom. The van der Waals surface area contributed by atoms with Gasteiger partial charge in [-0.25, -0.2) is 4.39 Å². The summed E-state index contributed by atoms with van der Waals surface area (Å²) in [7, 11) is 5.63. The van der Waals surface area contributed by atoms with Gasteiger partial charge in [-0.3, -0.25) is 9.20 Å². The van der Waals surface area contributed by atoms with E-state index in [1.54, 1.807) is 22.6 Å². The van der Waals surface area contributed by atoms with Gasteiger partial charge in [0, 0.05) is 36.9 Å². The van der Waals surface area contributed by atoms with Gasteiger partial charge in [0.25, 0.3) is 5.56 Å². The summed E-state index contributed by atoms with van der Waals surface area (Å²) < 4.78 is 20.7. The minimum atomic E-state index is -0.444. The number of rotatable bonds is 4. The zero-order valence-electron chi connectivity index (χ0n) is 16.4. The summed E-state index contributed by atoms with van der Waals surface area (Å²) in [4.78, 5) is 17.3. The van der Waals surface area contributed by atoms with Crippen molar-refractivity contribution in [3.05, 3.63) is 64.8 Å². The highest BCUT2D eigenvalue weighted by atomic mass is 19.1. The van der Waals surface area contributed by atoms with E-state index < -0.39 is 5.82 Å². The van der Waals surface area contributed by atoms with Crippen molar-refractivity contribution >= 4 is 11.2 Å². The molecular formula is C22H24FN3O2. The number of nitrogens with zero attached hydrogens (tertiary/aromatic N) is 3. The van der Waals surface area contributed by atoms with Gasteiger partial charge in [0.1, 0.15) is 0 Å². The van der Waals surface area contributed by atoms with Crippen molar-refractivity contribution in [2.45, 2.75) is 12.5 Å². The molecular weight excluding hydrogens is 357 g/mol. The lowest BCUT2D eigenvalue weighted by atomic mass is 10.1. The number of benzene rings is 1. The van der Waals surface area contributed by atoms with Crippen molar-refractivity contribution in [1.29, 1.82) is 0 Å². The van der Waals surface area contributed by atoms with Gasteiger partial charge in [-0.05, 0) is 62.0 Å². The van der Waals surface area contributed by atoms with Crippen molar-refractivity contribution in [3.63, 3.8) is 0 Å². The molecule has 1 fully saturated rings. The van der Waals surface area contributed by atoms with E-state index in [9.17, 15) is 9.18 Å². The van der Waals surface area contributed by atoms with Gasteiger partial charge in [-0.1, -0.05) is 6.07 Å². The average Bonchev–Trinajstić information content (AvgIpc) is 3.18. The summed E-state index contributed by atoms with van der Waals surface area (Å²) in [6.07, 6.45) is 3.01. The van der Waals surface area contributed by atoms with Gasteiger partial charge in [0.05, 0.1) is 12.8 Å². The Morgan fingerprint density at radius 1 is 1.11 bits per heavy atom. The van der Waals surface area contributed by atoms with E-state index in [-0.39, 0.29) is 11.3 Å². The number of hydrogen-bond donors (Lipinski definition) is 0. The van der Waals surface area contributed by atoms with Crippen LogP contribution in [-0.2, 0) is 0 Å². The van der Waals surface area contributed by atoms with Gasteiger partial charge in [-0.2, -0.15) is 0 Å². The first-order valence-electron chi connectivity index (χ1n) is 9.38. The smallest absolute Gasteiger partial charge is 0.255 e. The van der Waals surface area contributed by atoms with Crippen LogP contribution in [0.2, 0.25) is 0 Å². The van der Waals surface area contributed by atoms with Crippen LogP contribution < -0.4 is 15.2 Å². The molecule has 146 valence electrons. The maximum Gasteiger partial charge on any atom is 0.255 e. The third-order valence-electron chi connectivity index (χ3n) is 5.53. The number of fused-ring (bicyclic) bond motifs is 1. The Kier molecular flexibility index (Phi) is 4.81. The molecule has 0 radical (unpaired) electrons. The normalized spacial score (nSPS) is 16.9. The topological polar surface area (TPSA) is 37.2 Å². The van der Waals surface area contributed by atoms with Crippen LogP contribution in [0.3, 0.4) is 0 Å². The summed E-state index contributed by atoms with van der Waals surface area (Å²) in [5.41, 5.74) is 3.03. The van der Waals surface area contributed by atoms with Crippen LogP contribution in [0, 0.1) is 5.82 Å². The Hall–Kier alpha value is -2.86. The van der Waals surface area contributed by atoms with E-state index in [2.05, 4.69) is 23.9 Å². The Labute approximate surface area is 163 Å². The number of hydrogen-bond acceptors (Lipinski definition) is 4. The summed E-state index contributed by atoms with van der Waals surface area (Å²) in [5, 5.41) is 0. The van der Waals surface area contributed by atoms with Crippen LogP contribution >= 0.6 is 0 Å². The number of likely N-dealkylation sites (N-methyl/N-ethyl adjacent to an activating group) is 1. The highest BCUT2D eigenvalue weighted by Crippen LogP contribution is 2.27. The summed E-state index contributed by atoms with van der Waals surface area (Å²) >= 11 is 0. The molecule has 1 aromatic carbocycles. The number of anilines is 1. The molecule has 1 saturated heterocycles. The molecule has 0 N–H and O–H groups in total. The van der Waals surface area contributed by atoms with Crippen LogP contribution in [0.1, 0.15) is 6.42 Å². The van der Waals surface area contributed by atoms with Gasteiger partial charge >= 0.3 is 0 Å². The maximum absolute atomic E-state index is 14.0. The molecule has 1 unspecified atom stereocenters. The molecule has 1 aliphatic rings. The lowest BCUT2D eigenvalue weighted by Crippen LogP contribution is -2.31. The second kappa shape index (κ2) is 7.28. The molecule has 5 nitrogen and oxygen atoms in total. The quantitative estimate of drug-likeness (QED) is 0.695. The Morgan fingerprint density at radius 2 is 1.93 bits per heavy atom. The average molecular weight is 381 g/mol. The third kappa shape index (κ3) is 3.36. The van der Waals surface area contributed by atoms with E-state index in [0.29, 0.717) is 17.2 Å². The monoisotopic (exact) mass is 381 g/mol. The van der Waals surface area contributed by atoms with Crippen LogP contribution in [0.15, 0.2) is 53.5 Å². The van der Waals surface area contributed by atoms with E-state index in [0.717, 1.165) is 30.7 Å². The van der Waals surface area contributed by atoms with E-state index in [1.807, 2.05) is 24.4 Å². The molecule has 4 rings (SSSR count). The largest absolute Gasteiger partial charge is 0.494 e. The zero-order valence-corrected chi connectivity index (χ0v) is 16.4. The van der Waals surface area contributed by atoms with Crippen molar-refractivity contribution in [2.75, 3.05) is 39.2 Å². The highest BCUT2D eigenvalue weighted by molar-refractivity contribution is 5.70. The van der Waals surface area contributed by atoms with E-state index in [1.165, 1.54) is 13.2 Å². The first-order valence-corrected chi connectivity index (χ1v) is 9.38. The predicted octanol–water partition coefficient (Wildman–Crippen LogP) is 3.25. The summed E-state index contributed by atoms with van der Waals surface area (Å²) in [6, 6.07) is 12.7. The van der Waals surface area contributed by atoms with Gasteiger partial charge in [-0.15, -0.1) is 0 Å². The molecule has 0 aliphatic carbocycles. The minimum absolute atomic E-state index is 0.131. The summed E-state index contributed by atoms with van der Waals surface area (Å²) in [6.45, 7) is 1.93. The lowest BCUT2D eigenvalue weighted by Gasteiger charge is -2.22. The number of aromatic nitrogens is 1. The number of methoxy groups -OCH3 is 1. The third-order valence-corrected chi connectivity index (χ3v) is 5.53. The maximum atomic E-state index is 14.0. The zero-order chi connectivity index (χ0) is 19.8. The Balaban J connectivity index is 1.69. The SMILES string of the molecule is COc1ccc(-c2cc(=O)n3cc(N4CCC(N(C)C)C4)ccc3c2)cc1F. The van der Waals surface area contributed by atoms with E-state index >= 15 is 0 Å². The molecule has 3 heterocycles. The van der Waals surface area contributed by atoms with Crippen LogP contribution in [-0.4, -0.2) is 49.6 Å². The van der Waals surface area contributed by atoms with E-state index in [4.69, 9.17) is 4.74 Å². The molecule has 0 saturated carbocycles. The second-order valence-corrected chi connectivity index (χ2v) is 7.47. The molecule has 0 amide bonds. The molecule has 1 atom stereocenters. The Bertz CT molecular complexity index is 1080. The fourth-order valence-electron chi connectivity index (χ4n) is 3.81. The first-order chi connectivity index (χ1) is 13.5. The molecule has 28 heavy (non-hydrogen) atoms. The highest BCUT2D eigenvalue weighted by Gasteiger charge is 2.24. The lowest BCUT2D eigenvalue weighted by molar-refractivity contribution is 0.315. The van der Waals surface area contributed by atoms with Crippen LogP contribution in [0.25, 0.3) is 16.6 Å². The molecule has 3 aromatic rings. The molecule has 1 aliphatic heterocycles. The first kappa shape index (κ1) is 18.5. The minimum Gasteiger partial charge on any atom is -0.494 e. The fourth-order valence-corrected chi connectivity index (χ4v) is 3.81. The molecule has 6 heteroatoms. The van der Waals surface area contributed by atoms with Crippen LogP contribution in [0.4, 0.5) is 10.1 Å². The second-order valence-electron chi connectivity index (χ2n) is 7.47. The molecule has 2 aromatic heterocycles. The van der Waals surface area contributed by atoms with Crippen molar-refractivity contribution in [2.24, 2.45) is 0 Å². The van der Waals surface area contributed by atoms with Crippen molar-refractivity contribution in [3.8, 4) is 16.9 Å². The van der Waals surface area contributed by atoms with Crippen molar-refractivity contribution < 1.29 is 9.13 Å². The van der Waals surface area contributed by atoms with Gasteiger partial charge in [0.15, 0.2) is 11.6 Å². The van der Waals surface area contributed by atoms with Crippen LogP contribution in [0.5, 0.6) is 5.75 Å². The standard InChI is InChI=1S/C22H24FN3O2/c1-24(2)18-8-9-25(13-18)19-6-5-17-10-16(12-22(27)26(17)14-19)15-4-7-21(28-3)20(23)11-15/h4-7,10-12,14,18H,8-9,13H2,1-3H3. The number of ether oxygens (including phenoxy) is 1. The summed E-state index contributed by atoms with van der Waals surface area (Å²) in [5.74, 6) is -0.257. The fraction of sp³-hybridized carbons (Fsp3) is 0.318. The molecule has 0 bridgehead atoms.